The molecule has 1 N–H and O–H groups in total. The van der Waals surface area contributed by atoms with E-state index in [1.54, 1.807) is 30.3 Å². The molecule has 0 aliphatic rings. The molecule has 3 rings (SSSR count). The number of hydrogen-bond acceptors (Lipinski definition) is 7. The smallest absolute Gasteiger partial charge is 0.426 e. The molecule has 0 bridgehead atoms. The molecule has 1 unspecified atom stereocenters. The Morgan fingerprint density at radius 2 is 1.76 bits per heavy atom. The van der Waals surface area contributed by atoms with Crippen LogP contribution in [0.2, 0.25) is 0 Å². The second-order valence-electron chi connectivity index (χ2n) is 9.69. The van der Waals surface area contributed by atoms with Crippen molar-refractivity contribution in [3.63, 3.8) is 0 Å². The fourth-order valence-electron chi connectivity index (χ4n) is 3.52. The number of halogens is 7. The average molecular weight is 651 g/mol. The molecule has 1 amide bonds. The summed E-state index contributed by atoms with van der Waals surface area (Å²) < 4.78 is 99.9. The molecule has 0 radical (unpaired) electrons. The van der Waals surface area contributed by atoms with E-state index in [4.69, 9.17) is 13.9 Å². The zero-order valence-electron chi connectivity index (χ0n) is 22.0. The first-order valence-corrected chi connectivity index (χ1v) is 12.7. The van der Waals surface area contributed by atoms with Crippen molar-refractivity contribution in [1.29, 1.82) is 0 Å². The topological polar surface area (TPSA) is 99.4 Å². The van der Waals surface area contributed by atoms with Crippen LogP contribution in [-0.2, 0) is 27.9 Å². The Morgan fingerprint density at radius 1 is 1.10 bits per heavy atom. The van der Waals surface area contributed by atoms with E-state index < -0.39 is 76.0 Å². The fourth-order valence-corrected chi connectivity index (χ4v) is 4.03. The lowest BCUT2D eigenvalue weighted by Crippen LogP contribution is -2.45. The van der Waals surface area contributed by atoms with Gasteiger partial charge in [-0.1, -0.05) is 36.4 Å². The molecule has 15 heteroatoms. The number of aromatic nitrogens is 3. The minimum Gasteiger partial charge on any atom is -0.444 e. The summed E-state index contributed by atoms with van der Waals surface area (Å²) in [4.78, 5) is 16.2. The van der Waals surface area contributed by atoms with Gasteiger partial charge in [-0.2, -0.15) is 26.3 Å². The molecule has 1 atom stereocenters. The molecule has 41 heavy (non-hydrogen) atoms. The van der Waals surface area contributed by atoms with Crippen molar-refractivity contribution in [1.82, 2.24) is 15.2 Å². The standard InChI is InChI=1S/C26H25BrF6N4O4/c1-5-6-12-24(26(31,32)33,39-14-15-10-8-7-9-11-15)21-37-36-20(40-21)18-17(34-22(38)41-23(2,3)4)13-16(19(27)35-18)25(28,29)30/h5,7-11,13H,1,6,12,14H2,2-4H3,(H,34,38). The summed E-state index contributed by atoms with van der Waals surface area (Å²) in [6.07, 6.45) is -10.7. The number of allylic oxidation sites excluding steroid dienone is 1. The van der Waals surface area contributed by atoms with E-state index >= 15 is 0 Å². The molecule has 8 nitrogen and oxygen atoms in total. The minimum atomic E-state index is -5.07. The van der Waals surface area contributed by atoms with Crippen molar-refractivity contribution >= 4 is 27.7 Å². The first kappa shape index (κ1) is 32.1. The second kappa shape index (κ2) is 12.2. The van der Waals surface area contributed by atoms with Crippen LogP contribution >= 0.6 is 15.9 Å². The third kappa shape index (κ3) is 7.85. The predicted octanol–water partition coefficient (Wildman–Crippen LogP) is 8.20. The summed E-state index contributed by atoms with van der Waals surface area (Å²) in [7, 11) is 0. The number of nitrogens with zero attached hydrogens (tertiary/aromatic N) is 3. The van der Waals surface area contributed by atoms with Crippen LogP contribution in [0.5, 0.6) is 0 Å². The SMILES string of the molecule is C=CCCC(OCc1ccccc1)(c1nnc(-c2nc(Br)c(C(F)(F)F)cc2NC(=O)OC(C)(C)C)o1)C(F)(F)F. The third-order valence-corrected chi connectivity index (χ3v) is 5.98. The first-order chi connectivity index (χ1) is 19.0. The molecule has 0 fully saturated rings. The molecular formula is C26H25BrF6N4O4. The van der Waals surface area contributed by atoms with Crippen LogP contribution in [0.3, 0.4) is 0 Å². The lowest BCUT2D eigenvalue weighted by molar-refractivity contribution is -0.299. The Labute approximate surface area is 239 Å². The highest BCUT2D eigenvalue weighted by Gasteiger charge is 2.61. The number of benzene rings is 1. The summed E-state index contributed by atoms with van der Waals surface area (Å²) in [5, 5.41) is 9.31. The van der Waals surface area contributed by atoms with E-state index in [0.717, 1.165) is 0 Å². The van der Waals surface area contributed by atoms with Gasteiger partial charge in [-0.3, -0.25) is 5.32 Å². The minimum absolute atomic E-state index is 0.165. The van der Waals surface area contributed by atoms with Crippen molar-refractivity contribution < 1.29 is 45.0 Å². The van der Waals surface area contributed by atoms with Crippen LogP contribution in [0.4, 0.5) is 36.8 Å². The number of rotatable bonds is 9. The summed E-state index contributed by atoms with van der Waals surface area (Å²) >= 11 is 2.71. The van der Waals surface area contributed by atoms with Gasteiger partial charge >= 0.3 is 18.4 Å². The van der Waals surface area contributed by atoms with Gasteiger partial charge in [-0.15, -0.1) is 16.8 Å². The lowest BCUT2D eigenvalue weighted by Gasteiger charge is -2.32. The van der Waals surface area contributed by atoms with Crippen molar-refractivity contribution in [3.05, 3.63) is 70.7 Å². The van der Waals surface area contributed by atoms with Gasteiger partial charge in [0.2, 0.25) is 5.60 Å². The van der Waals surface area contributed by atoms with Gasteiger partial charge in [0, 0.05) is 0 Å². The lowest BCUT2D eigenvalue weighted by atomic mass is 9.96. The van der Waals surface area contributed by atoms with E-state index in [2.05, 4.69) is 43.0 Å². The molecule has 3 aromatic rings. The van der Waals surface area contributed by atoms with Gasteiger partial charge in [0.15, 0.2) is 5.69 Å². The molecule has 0 saturated heterocycles. The highest BCUT2D eigenvalue weighted by molar-refractivity contribution is 9.10. The number of pyridine rings is 1. The first-order valence-electron chi connectivity index (χ1n) is 11.9. The predicted molar refractivity (Wildman–Crippen MR) is 138 cm³/mol. The van der Waals surface area contributed by atoms with E-state index in [1.165, 1.54) is 26.8 Å². The van der Waals surface area contributed by atoms with E-state index in [-0.39, 0.29) is 6.42 Å². The van der Waals surface area contributed by atoms with Crippen molar-refractivity contribution in [2.45, 2.75) is 63.8 Å². The third-order valence-electron chi connectivity index (χ3n) is 5.38. The highest BCUT2D eigenvalue weighted by atomic mass is 79.9. The van der Waals surface area contributed by atoms with Crippen molar-refractivity contribution in [2.75, 3.05) is 5.32 Å². The number of nitrogens with one attached hydrogen (secondary N) is 1. The molecule has 2 heterocycles. The summed E-state index contributed by atoms with van der Waals surface area (Å²) in [6.45, 7) is 7.55. The molecule has 0 spiro atoms. The molecule has 0 aliphatic carbocycles. The van der Waals surface area contributed by atoms with Gasteiger partial charge in [0.1, 0.15) is 10.2 Å². The maximum Gasteiger partial charge on any atom is 0.426 e. The largest absolute Gasteiger partial charge is 0.444 e. The zero-order valence-corrected chi connectivity index (χ0v) is 23.6. The molecule has 0 saturated carbocycles. The highest BCUT2D eigenvalue weighted by Crippen LogP contribution is 2.47. The maximum atomic E-state index is 14.6. The van der Waals surface area contributed by atoms with Gasteiger partial charge in [0.25, 0.3) is 11.8 Å². The molecule has 0 aliphatic heterocycles. The number of anilines is 1. The van der Waals surface area contributed by atoms with E-state index in [1.807, 2.05) is 0 Å². The van der Waals surface area contributed by atoms with Gasteiger partial charge in [0.05, 0.1) is 17.9 Å². The van der Waals surface area contributed by atoms with Crippen molar-refractivity contribution in [3.8, 4) is 11.6 Å². The normalized spacial score (nSPS) is 13.9. The summed E-state index contributed by atoms with van der Waals surface area (Å²) in [5.41, 5.74) is -6.13. The Balaban J connectivity index is 2.13. The Hall–Kier alpha value is -3.46. The van der Waals surface area contributed by atoms with Crippen LogP contribution < -0.4 is 5.32 Å². The molecular weight excluding hydrogens is 626 g/mol. The van der Waals surface area contributed by atoms with Crippen molar-refractivity contribution in [2.24, 2.45) is 0 Å². The number of alkyl halides is 6. The molecule has 1 aromatic carbocycles. The molecule has 2 aromatic heterocycles. The Bertz CT molecular complexity index is 1370. The maximum absolute atomic E-state index is 14.6. The average Bonchev–Trinajstić information content (AvgIpc) is 3.33. The second-order valence-corrected chi connectivity index (χ2v) is 10.4. The van der Waals surface area contributed by atoms with Crippen LogP contribution in [0.15, 0.2) is 58.1 Å². The van der Waals surface area contributed by atoms with Crippen LogP contribution in [0.25, 0.3) is 11.6 Å². The number of carbonyl (C=O) groups excluding carboxylic acids is 1. The van der Waals surface area contributed by atoms with E-state index in [0.29, 0.717) is 11.6 Å². The van der Waals surface area contributed by atoms with Crippen LogP contribution in [0.1, 0.15) is 50.6 Å². The van der Waals surface area contributed by atoms with Crippen LogP contribution in [0, 0.1) is 0 Å². The van der Waals surface area contributed by atoms with Gasteiger partial charge in [-0.25, -0.2) is 9.78 Å². The number of ether oxygens (including phenoxy) is 2. The zero-order chi connectivity index (χ0) is 30.6. The summed E-state index contributed by atoms with van der Waals surface area (Å²) in [5.74, 6) is -1.73. The Morgan fingerprint density at radius 3 is 2.32 bits per heavy atom. The molecule has 222 valence electrons. The van der Waals surface area contributed by atoms with E-state index in [9.17, 15) is 31.1 Å². The quantitative estimate of drug-likeness (QED) is 0.142. The van der Waals surface area contributed by atoms with Gasteiger partial charge < -0.3 is 13.9 Å². The number of carbonyl (C=O) groups is 1. The summed E-state index contributed by atoms with van der Waals surface area (Å²) in [6, 6.07) is 8.56. The number of hydrogen-bond donors (Lipinski definition) is 1. The monoisotopic (exact) mass is 650 g/mol. The van der Waals surface area contributed by atoms with Gasteiger partial charge in [-0.05, 0) is 61.2 Å². The van der Waals surface area contributed by atoms with Crippen LogP contribution in [-0.4, -0.2) is 33.1 Å². The Kier molecular flexibility index (Phi) is 9.53. The fraction of sp³-hybridized carbons (Fsp3) is 0.385. The number of amides is 1.